The van der Waals surface area contributed by atoms with Crippen molar-refractivity contribution in [3.63, 3.8) is 0 Å². The summed E-state index contributed by atoms with van der Waals surface area (Å²) in [7, 11) is 4.87. The maximum Gasteiger partial charge on any atom is 0.255 e. The highest BCUT2D eigenvalue weighted by Gasteiger charge is 2.47. The molecule has 1 fully saturated rings. The minimum Gasteiger partial charge on any atom is -0.497 e. The lowest BCUT2D eigenvalue weighted by atomic mass is 10.0. The van der Waals surface area contributed by atoms with Crippen molar-refractivity contribution in [2.24, 2.45) is 0 Å². The summed E-state index contributed by atoms with van der Waals surface area (Å²) in [4.78, 5) is 29.0. The van der Waals surface area contributed by atoms with Crippen LogP contribution in [0.15, 0.2) is 54.6 Å². The summed E-state index contributed by atoms with van der Waals surface area (Å²) in [6.07, 6.45) is -0.657. The fraction of sp³-hybridized carbons (Fsp3) is 0.333. The zero-order chi connectivity index (χ0) is 19.6. The highest BCUT2D eigenvalue weighted by atomic mass is 16.5. The van der Waals surface area contributed by atoms with Gasteiger partial charge in [0.2, 0.25) is 5.91 Å². The molecule has 6 heteroatoms. The van der Waals surface area contributed by atoms with Gasteiger partial charge in [0.25, 0.3) is 5.91 Å². The summed E-state index contributed by atoms with van der Waals surface area (Å²) in [5.74, 6) is 0.151. The lowest BCUT2D eigenvalue weighted by molar-refractivity contribution is -0.133. The third-order valence-corrected chi connectivity index (χ3v) is 4.88. The van der Waals surface area contributed by atoms with E-state index >= 15 is 0 Å². The van der Waals surface area contributed by atoms with Crippen molar-refractivity contribution in [1.82, 2.24) is 9.80 Å². The van der Waals surface area contributed by atoms with Crippen molar-refractivity contribution in [3.8, 4) is 5.75 Å². The molecule has 3 rings (SSSR count). The van der Waals surface area contributed by atoms with Gasteiger partial charge in [-0.15, -0.1) is 0 Å². The third-order valence-electron chi connectivity index (χ3n) is 4.88. The number of hydrogen-bond donors (Lipinski definition) is 1. The Morgan fingerprint density at radius 3 is 2.44 bits per heavy atom. The van der Waals surface area contributed by atoms with E-state index < -0.39 is 18.2 Å². The Morgan fingerprint density at radius 2 is 1.81 bits per heavy atom. The largest absolute Gasteiger partial charge is 0.497 e. The van der Waals surface area contributed by atoms with E-state index in [1.165, 1.54) is 9.80 Å². The molecule has 0 saturated carbocycles. The van der Waals surface area contributed by atoms with Gasteiger partial charge in [-0.25, -0.2) is 0 Å². The highest BCUT2D eigenvalue weighted by Crippen LogP contribution is 2.39. The normalized spacial score (nSPS) is 21.8. The number of ether oxygens (including phenoxy) is 1. The van der Waals surface area contributed by atoms with E-state index in [0.29, 0.717) is 11.3 Å². The molecule has 0 unspecified atom stereocenters. The first-order valence-corrected chi connectivity index (χ1v) is 8.85. The van der Waals surface area contributed by atoms with Gasteiger partial charge in [0.1, 0.15) is 11.8 Å². The summed E-state index contributed by atoms with van der Waals surface area (Å²) in [5, 5.41) is 10.8. The molecule has 0 aromatic heterocycles. The average Bonchev–Trinajstić information content (AvgIpc) is 3.04. The molecule has 3 atom stereocenters. The topological polar surface area (TPSA) is 70.1 Å². The van der Waals surface area contributed by atoms with Crippen LogP contribution in [0.25, 0.3) is 0 Å². The summed E-state index contributed by atoms with van der Waals surface area (Å²) in [5.41, 5.74) is 1.22. The predicted octanol–water partition coefficient (Wildman–Crippen LogP) is 2.10. The molecular weight excluding hydrogens is 344 g/mol. The minimum absolute atomic E-state index is 0.192. The number of carbonyl (C=O) groups excluding carboxylic acids is 2. The molecule has 1 aliphatic rings. The molecule has 0 spiro atoms. The SMILES string of the molecule is COc1cccc([C@H]2[C@@H](O)C[C@@H](C(=O)N(C)C)N2C(=O)c2ccccc2)c1. The van der Waals surface area contributed by atoms with Gasteiger partial charge in [-0.1, -0.05) is 30.3 Å². The second kappa shape index (κ2) is 7.80. The molecule has 0 radical (unpaired) electrons. The van der Waals surface area contributed by atoms with Crippen molar-refractivity contribution >= 4 is 11.8 Å². The maximum absolute atomic E-state index is 13.3. The average molecular weight is 368 g/mol. The number of nitrogens with zero attached hydrogens (tertiary/aromatic N) is 2. The van der Waals surface area contributed by atoms with Crippen LogP contribution in [0.5, 0.6) is 5.75 Å². The minimum atomic E-state index is -0.848. The van der Waals surface area contributed by atoms with Crippen molar-refractivity contribution in [1.29, 1.82) is 0 Å². The molecule has 1 heterocycles. The summed E-state index contributed by atoms with van der Waals surface area (Å²) in [6, 6.07) is 14.7. The van der Waals surface area contributed by atoms with Crippen LogP contribution < -0.4 is 4.74 Å². The van der Waals surface area contributed by atoms with Crippen molar-refractivity contribution in [3.05, 3.63) is 65.7 Å². The smallest absolute Gasteiger partial charge is 0.255 e. The Kier molecular flexibility index (Phi) is 5.46. The number of carbonyl (C=O) groups is 2. The Bertz CT molecular complexity index is 822. The quantitative estimate of drug-likeness (QED) is 0.897. The van der Waals surface area contributed by atoms with E-state index in [9.17, 15) is 14.7 Å². The molecule has 1 N–H and O–H groups in total. The summed E-state index contributed by atoms with van der Waals surface area (Å²) < 4.78 is 5.28. The first-order chi connectivity index (χ1) is 12.9. The van der Waals surface area contributed by atoms with Gasteiger partial charge in [-0.05, 0) is 29.8 Å². The summed E-state index contributed by atoms with van der Waals surface area (Å²) >= 11 is 0. The number of likely N-dealkylation sites (N-methyl/N-ethyl adjacent to an activating group) is 1. The van der Waals surface area contributed by atoms with Crippen LogP contribution in [0.4, 0.5) is 0 Å². The molecule has 2 amide bonds. The number of hydrogen-bond acceptors (Lipinski definition) is 4. The van der Waals surface area contributed by atoms with Crippen LogP contribution >= 0.6 is 0 Å². The second-order valence-electron chi connectivity index (χ2n) is 6.85. The van der Waals surface area contributed by atoms with E-state index in [0.717, 1.165) is 5.56 Å². The first kappa shape index (κ1) is 18.9. The molecule has 0 aliphatic carbocycles. The van der Waals surface area contributed by atoms with E-state index in [1.807, 2.05) is 18.2 Å². The highest BCUT2D eigenvalue weighted by molar-refractivity contribution is 5.98. The van der Waals surface area contributed by atoms with E-state index in [4.69, 9.17) is 4.74 Å². The fourth-order valence-electron chi connectivity index (χ4n) is 3.57. The van der Waals surface area contributed by atoms with E-state index in [2.05, 4.69) is 0 Å². The van der Waals surface area contributed by atoms with Gasteiger partial charge >= 0.3 is 0 Å². The molecule has 1 aliphatic heterocycles. The van der Waals surface area contributed by atoms with Crippen LogP contribution in [-0.4, -0.2) is 60.1 Å². The van der Waals surface area contributed by atoms with Gasteiger partial charge in [0, 0.05) is 26.1 Å². The van der Waals surface area contributed by atoms with Crippen LogP contribution in [0.2, 0.25) is 0 Å². The van der Waals surface area contributed by atoms with Crippen molar-refractivity contribution in [2.75, 3.05) is 21.2 Å². The number of benzene rings is 2. The number of likely N-dealkylation sites (tertiary alicyclic amines) is 1. The van der Waals surface area contributed by atoms with Gasteiger partial charge in [0.15, 0.2) is 0 Å². The third kappa shape index (κ3) is 3.66. The van der Waals surface area contributed by atoms with Crippen LogP contribution in [0.3, 0.4) is 0 Å². The fourth-order valence-corrected chi connectivity index (χ4v) is 3.57. The number of aliphatic hydroxyl groups excluding tert-OH is 1. The van der Waals surface area contributed by atoms with Crippen LogP contribution in [0, 0.1) is 0 Å². The first-order valence-electron chi connectivity index (χ1n) is 8.85. The van der Waals surface area contributed by atoms with Crippen LogP contribution in [-0.2, 0) is 4.79 Å². The Labute approximate surface area is 159 Å². The standard InChI is InChI=1S/C21H24N2O4/c1-22(2)21(26)17-13-18(24)19(15-10-7-11-16(12-15)27-3)23(17)20(25)14-8-5-4-6-9-14/h4-12,17-19,24H,13H2,1-3H3/t17-,18-,19-/m0/s1. The molecule has 2 aromatic rings. The Balaban J connectivity index is 2.06. The maximum atomic E-state index is 13.3. The zero-order valence-corrected chi connectivity index (χ0v) is 15.7. The number of aliphatic hydroxyl groups is 1. The predicted molar refractivity (Wildman–Crippen MR) is 101 cm³/mol. The van der Waals surface area contributed by atoms with Gasteiger partial charge in [0.05, 0.1) is 19.3 Å². The van der Waals surface area contributed by atoms with Crippen molar-refractivity contribution in [2.45, 2.75) is 24.6 Å². The summed E-state index contributed by atoms with van der Waals surface area (Å²) in [6.45, 7) is 0. The lowest BCUT2D eigenvalue weighted by Gasteiger charge is -2.32. The molecule has 27 heavy (non-hydrogen) atoms. The molecular formula is C21H24N2O4. The van der Waals surface area contributed by atoms with Gasteiger partial charge in [-0.3, -0.25) is 9.59 Å². The number of methoxy groups -OCH3 is 1. The Hall–Kier alpha value is -2.86. The van der Waals surface area contributed by atoms with Gasteiger partial charge in [-0.2, -0.15) is 0 Å². The Morgan fingerprint density at radius 1 is 1.11 bits per heavy atom. The van der Waals surface area contributed by atoms with E-state index in [-0.39, 0.29) is 18.2 Å². The number of amides is 2. The monoisotopic (exact) mass is 368 g/mol. The van der Waals surface area contributed by atoms with E-state index in [1.54, 1.807) is 57.6 Å². The van der Waals surface area contributed by atoms with Gasteiger partial charge < -0.3 is 19.6 Å². The molecule has 6 nitrogen and oxygen atoms in total. The molecule has 1 saturated heterocycles. The van der Waals surface area contributed by atoms with Crippen molar-refractivity contribution < 1.29 is 19.4 Å². The molecule has 2 aromatic carbocycles. The number of rotatable bonds is 4. The van der Waals surface area contributed by atoms with Crippen LogP contribution in [0.1, 0.15) is 28.4 Å². The lowest BCUT2D eigenvalue weighted by Crippen LogP contribution is -2.46. The second-order valence-corrected chi connectivity index (χ2v) is 6.85. The molecule has 0 bridgehead atoms. The zero-order valence-electron chi connectivity index (χ0n) is 15.7. The molecule has 142 valence electrons.